The van der Waals surface area contributed by atoms with Crippen LogP contribution in [0.1, 0.15) is 5.56 Å². The minimum atomic E-state index is -3.60. The largest absolute Gasteiger partial charge is 0.392 e. The van der Waals surface area contributed by atoms with Crippen LogP contribution in [0.4, 0.5) is 0 Å². The molecule has 1 N–H and O–H groups in total. The van der Waals surface area contributed by atoms with Crippen LogP contribution in [0.2, 0.25) is 0 Å². The first-order chi connectivity index (χ1) is 8.54. The summed E-state index contributed by atoms with van der Waals surface area (Å²) >= 11 is 0. The lowest BCUT2D eigenvalue weighted by Gasteiger charge is -2.25. The summed E-state index contributed by atoms with van der Waals surface area (Å²) in [5, 5.41) is 8.84. The second-order valence-electron chi connectivity index (χ2n) is 3.91. The van der Waals surface area contributed by atoms with Gasteiger partial charge in [-0.15, -0.1) is 0 Å². The molecule has 8 heteroatoms. The maximum atomic E-state index is 12.2. The molecule has 0 aromatic carbocycles. The molecule has 100 valence electrons. The fourth-order valence-electron chi connectivity index (χ4n) is 1.65. The molecule has 1 saturated heterocycles. The highest BCUT2D eigenvalue weighted by atomic mass is 32.2. The summed E-state index contributed by atoms with van der Waals surface area (Å²) in [6.07, 6.45) is 1.34. The van der Waals surface area contributed by atoms with Gasteiger partial charge >= 0.3 is 0 Å². The summed E-state index contributed by atoms with van der Waals surface area (Å²) in [4.78, 5) is 3.85. The molecule has 2 rings (SSSR count). The molecular formula is C10H14N2O4S2. The predicted molar refractivity (Wildman–Crippen MR) is 66.8 cm³/mol. The van der Waals surface area contributed by atoms with Gasteiger partial charge in [-0.05, 0) is 11.6 Å². The highest BCUT2D eigenvalue weighted by Gasteiger charge is 2.28. The van der Waals surface area contributed by atoms with E-state index in [-0.39, 0.29) is 24.7 Å². The Kier molecular flexibility index (Phi) is 4.10. The Hall–Kier alpha value is -0.830. The van der Waals surface area contributed by atoms with Gasteiger partial charge < -0.3 is 5.11 Å². The molecule has 6 nitrogen and oxygen atoms in total. The Morgan fingerprint density at radius 1 is 1.33 bits per heavy atom. The second kappa shape index (κ2) is 5.43. The molecule has 18 heavy (non-hydrogen) atoms. The minimum absolute atomic E-state index is 0.0348. The average Bonchev–Trinajstić information content (AvgIpc) is 2.39. The SMILES string of the molecule is O=S1CCN(S(=O)(=O)c2ccc(CO)cn2)CC1. The van der Waals surface area contributed by atoms with Crippen LogP contribution in [-0.4, -0.2) is 51.6 Å². The number of aliphatic hydroxyl groups is 1. The average molecular weight is 290 g/mol. The normalized spacial score (nSPS) is 18.9. The molecule has 1 aromatic rings. The topological polar surface area (TPSA) is 87.6 Å². The zero-order valence-electron chi connectivity index (χ0n) is 9.65. The Morgan fingerprint density at radius 2 is 2.00 bits per heavy atom. The summed E-state index contributed by atoms with van der Waals surface area (Å²) in [6.45, 7) is 0.354. The van der Waals surface area contributed by atoms with E-state index in [0.717, 1.165) is 0 Å². The zero-order valence-corrected chi connectivity index (χ0v) is 11.3. The van der Waals surface area contributed by atoms with Crippen molar-refractivity contribution < 1.29 is 17.7 Å². The first-order valence-corrected chi connectivity index (χ1v) is 8.38. The number of pyridine rings is 1. The van der Waals surface area contributed by atoms with Gasteiger partial charge in [-0.1, -0.05) is 6.07 Å². The van der Waals surface area contributed by atoms with Gasteiger partial charge in [-0.25, -0.2) is 13.4 Å². The zero-order chi connectivity index (χ0) is 13.2. The summed E-state index contributed by atoms with van der Waals surface area (Å²) in [5.41, 5.74) is 0.564. The van der Waals surface area contributed by atoms with Gasteiger partial charge in [0, 0.05) is 41.6 Å². The van der Waals surface area contributed by atoms with Crippen LogP contribution >= 0.6 is 0 Å². The van der Waals surface area contributed by atoms with E-state index in [1.807, 2.05) is 0 Å². The smallest absolute Gasteiger partial charge is 0.260 e. The Morgan fingerprint density at radius 3 is 2.50 bits per heavy atom. The van der Waals surface area contributed by atoms with E-state index in [4.69, 9.17) is 5.11 Å². The molecule has 0 aliphatic carbocycles. The molecular weight excluding hydrogens is 276 g/mol. The maximum absolute atomic E-state index is 12.2. The van der Waals surface area contributed by atoms with E-state index in [1.165, 1.54) is 22.6 Å². The van der Waals surface area contributed by atoms with Gasteiger partial charge in [0.25, 0.3) is 10.0 Å². The van der Waals surface area contributed by atoms with E-state index in [2.05, 4.69) is 4.98 Å². The van der Waals surface area contributed by atoms with E-state index in [1.54, 1.807) is 0 Å². The first kappa shape index (κ1) is 13.6. The quantitative estimate of drug-likeness (QED) is 0.797. The van der Waals surface area contributed by atoms with Gasteiger partial charge in [-0.3, -0.25) is 4.21 Å². The molecule has 0 amide bonds. The van der Waals surface area contributed by atoms with E-state index >= 15 is 0 Å². The third-order valence-corrected chi connectivity index (χ3v) is 5.81. The van der Waals surface area contributed by atoms with Crippen LogP contribution < -0.4 is 0 Å². The third kappa shape index (κ3) is 2.77. The second-order valence-corrected chi connectivity index (χ2v) is 7.50. The molecule has 0 spiro atoms. The highest BCUT2D eigenvalue weighted by Crippen LogP contribution is 2.15. The van der Waals surface area contributed by atoms with Crippen LogP contribution in [0, 0.1) is 0 Å². The van der Waals surface area contributed by atoms with E-state index < -0.39 is 20.8 Å². The van der Waals surface area contributed by atoms with Crippen molar-refractivity contribution in [1.29, 1.82) is 0 Å². The molecule has 1 aliphatic heterocycles. The van der Waals surface area contributed by atoms with Crippen molar-refractivity contribution >= 4 is 20.8 Å². The number of hydrogen-bond donors (Lipinski definition) is 1. The number of rotatable bonds is 3. The molecule has 0 radical (unpaired) electrons. The molecule has 1 aromatic heterocycles. The summed E-state index contributed by atoms with van der Waals surface area (Å²) < 4.78 is 36.9. The number of aromatic nitrogens is 1. The van der Waals surface area contributed by atoms with Crippen LogP contribution in [0.15, 0.2) is 23.4 Å². The highest BCUT2D eigenvalue weighted by molar-refractivity contribution is 7.89. The van der Waals surface area contributed by atoms with Gasteiger partial charge in [-0.2, -0.15) is 4.31 Å². The van der Waals surface area contributed by atoms with Crippen LogP contribution in [0.3, 0.4) is 0 Å². The molecule has 1 aliphatic rings. The number of sulfonamides is 1. The third-order valence-electron chi connectivity index (χ3n) is 2.72. The lowest BCUT2D eigenvalue weighted by molar-refractivity contribution is 0.281. The number of aliphatic hydroxyl groups excluding tert-OH is 1. The summed E-state index contributed by atoms with van der Waals surface area (Å²) in [5.74, 6) is 0.738. The number of hydrogen-bond acceptors (Lipinski definition) is 5. The lowest BCUT2D eigenvalue weighted by atomic mass is 10.3. The van der Waals surface area contributed by atoms with Crippen molar-refractivity contribution in [1.82, 2.24) is 9.29 Å². The standard InChI is InChI=1S/C10H14N2O4S2/c13-8-9-1-2-10(11-7-9)18(15,16)12-3-5-17(14)6-4-12/h1-2,7,13H,3-6,8H2. The Bertz CT molecular complexity index is 532. The van der Waals surface area contributed by atoms with Crippen LogP contribution in [0.5, 0.6) is 0 Å². The van der Waals surface area contributed by atoms with Crippen molar-refractivity contribution in [3.05, 3.63) is 23.9 Å². The molecule has 0 saturated carbocycles. The van der Waals surface area contributed by atoms with Gasteiger partial charge in [0.2, 0.25) is 0 Å². The fraction of sp³-hybridized carbons (Fsp3) is 0.500. The molecule has 0 unspecified atom stereocenters. The van der Waals surface area contributed by atoms with Gasteiger partial charge in [0.15, 0.2) is 5.03 Å². The van der Waals surface area contributed by atoms with E-state index in [9.17, 15) is 12.6 Å². The van der Waals surface area contributed by atoms with Crippen molar-refractivity contribution in [3.8, 4) is 0 Å². The predicted octanol–water partition coefficient (Wildman–Crippen LogP) is -0.673. The molecule has 0 bridgehead atoms. The summed E-state index contributed by atoms with van der Waals surface area (Å²) in [6, 6.07) is 2.91. The van der Waals surface area contributed by atoms with Crippen molar-refractivity contribution in [2.45, 2.75) is 11.6 Å². The monoisotopic (exact) mass is 290 g/mol. The molecule has 1 fully saturated rings. The van der Waals surface area contributed by atoms with Crippen LogP contribution in [-0.2, 0) is 27.4 Å². The molecule has 0 atom stereocenters. The van der Waals surface area contributed by atoms with Gasteiger partial charge in [0.05, 0.1) is 6.61 Å². The first-order valence-electron chi connectivity index (χ1n) is 5.45. The molecule has 2 heterocycles. The minimum Gasteiger partial charge on any atom is -0.392 e. The lowest BCUT2D eigenvalue weighted by Crippen LogP contribution is -2.41. The van der Waals surface area contributed by atoms with Crippen molar-refractivity contribution in [2.24, 2.45) is 0 Å². The van der Waals surface area contributed by atoms with Crippen molar-refractivity contribution in [2.75, 3.05) is 24.6 Å². The fourth-order valence-corrected chi connectivity index (χ4v) is 4.29. The van der Waals surface area contributed by atoms with Crippen LogP contribution in [0.25, 0.3) is 0 Å². The number of nitrogens with zero attached hydrogens (tertiary/aromatic N) is 2. The Balaban J connectivity index is 2.21. The Labute approximate surface area is 108 Å². The maximum Gasteiger partial charge on any atom is 0.260 e. The van der Waals surface area contributed by atoms with Gasteiger partial charge in [0.1, 0.15) is 0 Å². The van der Waals surface area contributed by atoms with Crippen molar-refractivity contribution in [3.63, 3.8) is 0 Å². The van der Waals surface area contributed by atoms with E-state index in [0.29, 0.717) is 17.1 Å². The summed E-state index contributed by atoms with van der Waals surface area (Å²) in [7, 11) is -4.52.